The molecular weight excluding hydrogens is 514 g/mol. The van der Waals surface area contributed by atoms with Crippen LogP contribution in [-0.4, -0.2) is 38.5 Å². The number of allylic oxidation sites excluding steroid dienone is 2. The molecule has 0 aromatic heterocycles. The molecule has 0 spiro atoms. The fourth-order valence-electron chi connectivity index (χ4n) is 4.25. The molecule has 164 valence electrons. The first-order valence-electron chi connectivity index (χ1n) is 9.27. The van der Waals surface area contributed by atoms with Crippen molar-refractivity contribution in [3.8, 4) is 0 Å². The van der Waals surface area contributed by atoms with Gasteiger partial charge in [-0.15, -0.1) is 0 Å². The van der Waals surface area contributed by atoms with Crippen molar-refractivity contribution >= 4 is 34.5 Å². The summed E-state index contributed by atoms with van der Waals surface area (Å²) in [6, 6.07) is 4.67. The van der Waals surface area contributed by atoms with Crippen molar-refractivity contribution in [3.05, 3.63) is 57.9 Å². The Bertz CT molecular complexity index is 883. The van der Waals surface area contributed by atoms with Gasteiger partial charge in [0, 0.05) is 18.4 Å². The smallest absolute Gasteiger partial charge is 0.416 e. The molecule has 9 heteroatoms. The zero-order valence-electron chi connectivity index (χ0n) is 16.8. The van der Waals surface area contributed by atoms with Gasteiger partial charge < -0.3 is 15.1 Å². The predicted molar refractivity (Wildman–Crippen MR) is 114 cm³/mol. The summed E-state index contributed by atoms with van der Waals surface area (Å²) in [5, 5.41) is 20.2. The van der Waals surface area contributed by atoms with Crippen molar-refractivity contribution in [2.75, 3.05) is 11.5 Å². The first-order chi connectivity index (χ1) is 13.9. The van der Waals surface area contributed by atoms with Gasteiger partial charge in [-0.05, 0) is 42.7 Å². The van der Waals surface area contributed by atoms with Crippen LogP contribution in [0.25, 0.3) is 0 Å². The third-order valence-electron chi connectivity index (χ3n) is 5.64. The van der Waals surface area contributed by atoms with Crippen LogP contribution in [0.15, 0.2) is 46.8 Å². The number of unbranched alkanes of at least 4 members (excludes halogenated alkanes) is 1. The lowest BCUT2D eigenvalue weighted by molar-refractivity contribution is -0.140. The van der Waals surface area contributed by atoms with E-state index in [4.69, 9.17) is 0 Å². The Labute approximate surface area is 186 Å². The average molecular weight is 537 g/mol. The lowest BCUT2D eigenvalue weighted by atomic mass is 9.62. The van der Waals surface area contributed by atoms with Gasteiger partial charge >= 0.3 is 18.1 Å². The maximum Gasteiger partial charge on any atom is 0.416 e. The second-order valence-electron chi connectivity index (χ2n) is 7.18. The van der Waals surface area contributed by atoms with Crippen LogP contribution >= 0.6 is 22.6 Å². The summed E-state index contributed by atoms with van der Waals surface area (Å²) >= 11 is 2.12. The number of carboxylic acids is 2. The third-order valence-corrected chi connectivity index (χ3v) is 6.40. The number of carbonyl (C=O) groups is 2. The number of hydrogen-bond donors (Lipinski definition) is 2. The quantitative estimate of drug-likeness (QED) is 0.284. The number of halogens is 4. The van der Waals surface area contributed by atoms with E-state index >= 15 is 0 Å². The Hall–Kier alpha value is -2.04. The number of nitrogens with zero attached hydrogens (tertiary/aromatic N) is 1. The maximum atomic E-state index is 14.0. The predicted octanol–water partition coefficient (Wildman–Crippen LogP) is 5.21. The Morgan fingerprint density at radius 2 is 1.53 bits per heavy atom. The van der Waals surface area contributed by atoms with Crippen LogP contribution in [0.1, 0.15) is 44.2 Å². The SMILES string of the molecule is CC1=C(C(=O)O)C(CCCCI)(c2ccccc2C(F)(F)F)C(C(=O)O)=C(C)N1C. The molecule has 2 N–H and O–H groups in total. The number of carboxylic acid groups (broad SMARTS) is 2. The van der Waals surface area contributed by atoms with E-state index in [1.165, 1.54) is 44.0 Å². The Balaban J connectivity index is 3.06. The van der Waals surface area contributed by atoms with Crippen LogP contribution in [0.3, 0.4) is 0 Å². The van der Waals surface area contributed by atoms with Crippen LogP contribution < -0.4 is 0 Å². The molecule has 1 aromatic carbocycles. The van der Waals surface area contributed by atoms with Gasteiger partial charge in [0.15, 0.2) is 0 Å². The second kappa shape index (κ2) is 8.99. The van der Waals surface area contributed by atoms with Gasteiger partial charge in [-0.3, -0.25) is 0 Å². The Morgan fingerprint density at radius 3 is 1.97 bits per heavy atom. The van der Waals surface area contributed by atoms with Crippen molar-refractivity contribution in [2.45, 2.75) is 44.7 Å². The van der Waals surface area contributed by atoms with Gasteiger partial charge in [0.2, 0.25) is 0 Å². The zero-order valence-corrected chi connectivity index (χ0v) is 19.0. The van der Waals surface area contributed by atoms with E-state index in [0.29, 0.717) is 17.3 Å². The van der Waals surface area contributed by atoms with E-state index < -0.39 is 29.1 Å². The fourth-order valence-corrected chi connectivity index (χ4v) is 4.78. The van der Waals surface area contributed by atoms with Gasteiger partial charge in [-0.1, -0.05) is 47.2 Å². The van der Waals surface area contributed by atoms with E-state index in [9.17, 15) is 33.0 Å². The lowest BCUT2D eigenvalue weighted by Gasteiger charge is -2.44. The van der Waals surface area contributed by atoms with Crippen molar-refractivity contribution in [1.29, 1.82) is 0 Å². The Morgan fingerprint density at radius 1 is 1.03 bits per heavy atom. The minimum absolute atomic E-state index is 0.0606. The van der Waals surface area contributed by atoms with Crippen molar-refractivity contribution < 1.29 is 33.0 Å². The fraction of sp³-hybridized carbons (Fsp3) is 0.429. The van der Waals surface area contributed by atoms with Crippen LogP contribution in [0, 0.1) is 0 Å². The second-order valence-corrected chi connectivity index (χ2v) is 8.26. The maximum absolute atomic E-state index is 14.0. The molecule has 2 rings (SSSR count). The van der Waals surface area contributed by atoms with E-state index in [1.54, 1.807) is 0 Å². The highest BCUT2D eigenvalue weighted by atomic mass is 127. The normalized spacial score (nSPS) is 16.8. The van der Waals surface area contributed by atoms with Crippen molar-refractivity contribution in [2.24, 2.45) is 0 Å². The monoisotopic (exact) mass is 537 g/mol. The summed E-state index contributed by atoms with van der Waals surface area (Å²) in [6.07, 6.45) is -3.85. The van der Waals surface area contributed by atoms with Crippen LogP contribution in [0.2, 0.25) is 0 Å². The van der Waals surface area contributed by atoms with Gasteiger partial charge in [0.1, 0.15) is 0 Å². The highest BCUT2D eigenvalue weighted by molar-refractivity contribution is 14.1. The molecule has 1 aromatic rings. The molecule has 30 heavy (non-hydrogen) atoms. The Kier molecular flexibility index (Phi) is 7.26. The number of hydrogen-bond acceptors (Lipinski definition) is 3. The molecule has 1 aliphatic rings. The molecular formula is C21H23F3INO4. The van der Waals surface area contributed by atoms with Crippen LogP contribution in [0.4, 0.5) is 13.2 Å². The summed E-state index contributed by atoms with van der Waals surface area (Å²) in [6.45, 7) is 2.99. The molecule has 0 aliphatic carbocycles. The standard InChI is InChI=1S/C21H23F3INO4/c1-12-16(18(27)28)20(10-6-7-11-25,17(19(29)30)13(2)26(12)3)14-8-4-5-9-15(14)21(22,23)24/h4-5,8-9H,6-7,10-11H2,1-3H3,(H,27,28)(H,29,30). The molecule has 0 unspecified atom stereocenters. The van der Waals surface area contributed by atoms with E-state index in [0.717, 1.165) is 6.07 Å². The summed E-state index contributed by atoms with van der Waals surface area (Å²) in [4.78, 5) is 26.2. The van der Waals surface area contributed by atoms with Gasteiger partial charge in [0.05, 0.1) is 22.1 Å². The highest BCUT2D eigenvalue weighted by Gasteiger charge is 2.53. The molecule has 1 heterocycles. The summed E-state index contributed by atoms with van der Waals surface area (Å²) < 4.78 is 42.6. The van der Waals surface area contributed by atoms with Gasteiger partial charge in [0.25, 0.3) is 0 Å². The molecule has 0 radical (unpaired) electrons. The topological polar surface area (TPSA) is 77.8 Å². The molecule has 0 saturated carbocycles. The summed E-state index contributed by atoms with van der Waals surface area (Å²) in [7, 11) is 1.51. The summed E-state index contributed by atoms with van der Waals surface area (Å²) in [5.41, 5.74) is -3.53. The molecule has 1 aliphatic heterocycles. The molecule has 0 fully saturated rings. The minimum Gasteiger partial charge on any atom is -0.478 e. The molecule has 5 nitrogen and oxygen atoms in total. The third kappa shape index (κ3) is 4.08. The number of benzene rings is 1. The first-order valence-corrected chi connectivity index (χ1v) is 10.8. The molecule has 0 amide bonds. The minimum atomic E-state index is -4.77. The van der Waals surface area contributed by atoms with Crippen molar-refractivity contribution in [1.82, 2.24) is 4.90 Å². The van der Waals surface area contributed by atoms with E-state index in [2.05, 4.69) is 22.6 Å². The molecule has 0 saturated heterocycles. The first kappa shape index (κ1) is 24.2. The van der Waals surface area contributed by atoms with Crippen LogP contribution in [0.5, 0.6) is 0 Å². The zero-order chi connectivity index (χ0) is 22.9. The average Bonchev–Trinajstić information content (AvgIpc) is 2.65. The number of alkyl halides is 4. The number of aliphatic carboxylic acids is 2. The molecule has 0 atom stereocenters. The largest absolute Gasteiger partial charge is 0.478 e. The lowest BCUT2D eigenvalue weighted by Crippen LogP contribution is -2.46. The number of rotatable bonds is 7. The molecule has 0 bridgehead atoms. The summed E-state index contributed by atoms with van der Waals surface area (Å²) in [5.74, 6) is -2.87. The van der Waals surface area contributed by atoms with Gasteiger partial charge in [-0.25, -0.2) is 9.59 Å². The van der Waals surface area contributed by atoms with E-state index in [1.807, 2.05) is 0 Å². The van der Waals surface area contributed by atoms with Gasteiger partial charge in [-0.2, -0.15) is 13.2 Å². The van der Waals surface area contributed by atoms with E-state index in [-0.39, 0.29) is 34.5 Å². The highest BCUT2D eigenvalue weighted by Crippen LogP contribution is 2.52. The van der Waals surface area contributed by atoms with Crippen LogP contribution in [-0.2, 0) is 21.2 Å². The van der Waals surface area contributed by atoms with Crippen molar-refractivity contribution in [3.63, 3.8) is 0 Å².